The minimum absolute atomic E-state index is 0.00456. The van der Waals surface area contributed by atoms with Gasteiger partial charge < -0.3 is 10.1 Å². The van der Waals surface area contributed by atoms with Gasteiger partial charge in [0.05, 0.1) is 23.5 Å². The molecule has 3 saturated heterocycles. The molecule has 1 spiro atoms. The first kappa shape index (κ1) is 12.2. The highest BCUT2D eigenvalue weighted by molar-refractivity contribution is 5.94. The predicted molar refractivity (Wildman–Crippen MR) is 65.9 cm³/mol. The molecule has 100 valence electrons. The maximum absolute atomic E-state index is 12.5. The molecule has 0 aromatic carbocycles. The number of fused-ring (bicyclic) bond motifs is 1. The summed E-state index contributed by atoms with van der Waals surface area (Å²) in [6.45, 7) is 7.80. The van der Waals surface area contributed by atoms with Gasteiger partial charge in [-0.2, -0.15) is 0 Å². The molecule has 0 saturated carbocycles. The molecule has 18 heavy (non-hydrogen) atoms. The lowest BCUT2D eigenvalue weighted by molar-refractivity contribution is -0.136. The summed E-state index contributed by atoms with van der Waals surface area (Å²) in [5, 5.41) is 2.96. The van der Waals surface area contributed by atoms with E-state index >= 15 is 0 Å². The van der Waals surface area contributed by atoms with Crippen LogP contribution in [0.5, 0.6) is 0 Å². The van der Waals surface area contributed by atoms with E-state index in [0.717, 1.165) is 12.8 Å². The highest BCUT2D eigenvalue weighted by atomic mass is 16.5. The zero-order valence-electron chi connectivity index (χ0n) is 11.4. The first-order chi connectivity index (χ1) is 8.32. The van der Waals surface area contributed by atoms with Crippen molar-refractivity contribution in [3.63, 3.8) is 0 Å². The molecule has 3 aliphatic rings. The summed E-state index contributed by atoms with van der Waals surface area (Å²) in [7, 11) is 0. The maximum Gasteiger partial charge on any atom is 0.227 e. The average Bonchev–Trinajstić information content (AvgIpc) is 2.83. The molecule has 3 heterocycles. The number of carbonyl (C=O) groups is 2. The van der Waals surface area contributed by atoms with Crippen molar-refractivity contribution in [1.29, 1.82) is 0 Å². The first-order valence-electron chi connectivity index (χ1n) is 6.86. The van der Waals surface area contributed by atoms with Crippen molar-refractivity contribution in [1.82, 2.24) is 5.32 Å². The number of hydrogen-bond donors (Lipinski definition) is 1. The minimum Gasteiger partial charge on any atom is -0.365 e. The molecular formula is C14H21NO3. The first-order valence-corrected chi connectivity index (χ1v) is 6.86. The second-order valence-electron chi connectivity index (χ2n) is 6.61. The molecule has 0 aliphatic carbocycles. The Bertz CT molecular complexity index is 433. The van der Waals surface area contributed by atoms with Gasteiger partial charge in [-0.1, -0.05) is 13.8 Å². The van der Waals surface area contributed by atoms with E-state index in [-0.39, 0.29) is 35.5 Å². The van der Waals surface area contributed by atoms with Gasteiger partial charge in [-0.05, 0) is 26.7 Å². The lowest BCUT2D eigenvalue weighted by atomic mass is 9.64. The Balaban J connectivity index is 2.06. The van der Waals surface area contributed by atoms with Gasteiger partial charge in [-0.25, -0.2) is 0 Å². The van der Waals surface area contributed by atoms with Crippen LogP contribution in [0, 0.1) is 17.8 Å². The Morgan fingerprint density at radius 2 is 2.11 bits per heavy atom. The zero-order valence-corrected chi connectivity index (χ0v) is 11.4. The lowest BCUT2D eigenvalue weighted by Crippen LogP contribution is -2.47. The molecule has 1 N–H and O–H groups in total. The van der Waals surface area contributed by atoms with E-state index in [1.54, 1.807) is 0 Å². The summed E-state index contributed by atoms with van der Waals surface area (Å²) in [5.74, 6) is -0.411. The summed E-state index contributed by atoms with van der Waals surface area (Å²) in [5.41, 5.74) is -0.862. The van der Waals surface area contributed by atoms with E-state index in [1.165, 1.54) is 0 Å². The van der Waals surface area contributed by atoms with Crippen molar-refractivity contribution in [2.45, 2.75) is 57.8 Å². The second kappa shape index (κ2) is 3.35. The third-order valence-electron chi connectivity index (χ3n) is 5.20. The van der Waals surface area contributed by atoms with Crippen LogP contribution in [0.3, 0.4) is 0 Å². The van der Waals surface area contributed by atoms with Crippen LogP contribution in [0.2, 0.25) is 0 Å². The van der Waals surface area contributed by atoms with Crippen molar-refractivity contribution in [3.8, 4) is 0 Å². The van der Waals surface area contributed by atoms with Gasteiger partial charge in [-0.3, -0.25) is 9.59 Å². The Morgan fingerprint density at radius 3 is 2.72 bits per heavy atom. The van der Waals surface area contributed by atoms with Gasteiger partial charge in [0.15, 0.2) is 0 Å². The van der Waals surface area contributed by atoms with E-state index < -0.39 is 11.2 Å². The van der Waals surface area contributed by atoms with Gasteiger partial charge >= 0.3 is 0 Å². The van der Waals surface area contributed by atoms with Crippen LogP contribution >= 0.6 is 0 Å². The number of hydrogen-bond acceptors (Lipinski definition) is 3. The van der Waals surface area contributed by atoms with Crippen molar-refractivity contribution >= 4 is 11.7 Å². The molecule has 0 aromatic heterocycles. The average molecular weight is 251 g/mol. The predicted octanol–water partition coefficient (Wildman–Crippen LogP) is 1.28. The van der Waals surface area contributed by atoms with Crippen molar-refractivity contribution in [2.24, 2.45) is 17.8 Å². The molecule has 5 atom stereocenters. The summed E-state index contributed by atoms with van der Waals surface area (Å²) in [6, 6.07) is 0.0155. The Kier molecular flexibility index (Phi) is 2.26. The largest absolute Gasteiger partial charge is 0.365 e. The Morgan fingerprint density at radius 1 is 1.44 bits per heavy atom. The number of ether oxygens (including phenoxy) is 1. The number of amides is 1. The van der Waals surface area contributed by atoms with Gasteiger partial charge in [0.25, 0.3) is 0 Å². The summed E-state index contributed by atoms with van der Waals surface area (Å²) >= 11 is 0. The molecule has 0 aromatic rings. The number of Topliss-reactive ketones (excluding diaryl/α,β-unsaturated/α-hetero) is 1. The minimum atomic E-state index is -0.433. The number of nitrogens with one attached hydrogen (secondary N) is 1. The van der Waals surface area contributed by atoms with Crippen LogP contribution in [-0.4, -0.2) is 28.9 Å². The summed E-state index contributed by atoms with van der Waals surface area (Å²) in [6.07, 6.45) is 1.77. The quantitative estimate of drug-likeness (QED) is 0.804. The standard InChI is InChI=1S/C14H21NO3/c1-7(2)11(16)9-10-12(17)15-8(3)14(10)6-5-13(9,4)18-14/h7-10H,5-6H2,1-4H3,(H,15,17)/t8-,9+,10+,13-,14-/m1/s1. The van der Waals surface area contributed by atoms with Crippen molar-refractivity contribution in [3.05, 3.63) is 0 Å². The maximum atomic E-state index is 12.5. The fourth-order valence-corrected chi connectivity index (χ4v) is 4.25. The van der Waals surface area contributed by atoms with Gasteiger partial charge in [0.2, 0.25) is 5.91 Å². The highest BCUT2D eigenvalue weighted by Crippen LogP contribution is 2.61. The van der Waals surface area contributed by atoms with E-state index in [1.807, 2.05) is 27.7 Å². The van der Waals surface area contributed by atoms with Crippen LogP contribution in [0.1, 0.15) is 40.5 Å². The van der Waals surface area contributed by atoms with Crippen molar-refractivity contribution in [2.75, 3.05) is 0 Å². The van der Waals surface area contributed by atoms with Crippen LogP contribution in [0.4, 0.5) is 0 Å². The monoisotopic (exact) mass is 251 g/mol. The normalized spacial score (nSPS) is 49.6. The highest BCUT2D eigenvalue weighted by Gasteiger charge is 2.73. The molecule has 0 unspecified atom stereocenters. The second-order valence-corrected chi connectivity index (χ2v) is 6.61. The molecule has 2 bridgehead atoms. The van der Waals surface area contributed by atoms with E-state index in [4.69, 9.17) is 4.74 Å². The summed E-state index contributed by atoms with van der Waals surface area (Å²) < 4.78 is 6.23. The number of ketones is 1. The van der Waals surface area contributed by atoms with E-state index in [0.29, 0.717) is 0 Å². The molecule has 4 heteroatoms. The molecule has 3 rings (SSSR count). The molecule has 3 fully saturated rings. The van der Waals surface area contributed by atoms with Crippen molar-refractivity contribution < 1.29 is 14.3 Å². The number of carbonyl (C=O) groups excluding carboxylic acids is 2. The van der Waals surface area contributed by atoms with Crippen LogP contribution in [-0.2, 0) is 14.3 Å². The topological polar surface area (TPSA) is 55.4 Å². The zero-order chi connectivity index (χ0) is 13.3. The molecular weight excluding hydrogens is 230 g/mol. The third-order valence-corrected chi connectivity index (χ3v) is 5.20. The fraction of sp³-hybridized carbons (Fsp3) is 0.857. The molecule has 3 aliphatic heterocycles. The van der Waals surface area contributed by atoms with E-state index in [2.05, 4.69) is 5.32 Å². The van der Waals surface area contributed by atoms with Crippen LogP contribution in [0.15, 0.2) is 0 Å². The summed E-state index contributed by atoms with van der Waals surface area (Å²) in [4.78, 5) is 24.7. The smallest absolute Gasteiger partial charge is 0.227 e. The third kappa shape index (κ3) is 1.20. The van der Waals surface area contributed by atoms with Gasteiger partial charge in [-0.15, -0.1) is 0 Å². The van der Waals surface area contributed by atoms with Gasteiger partial charge in [0.1, 0.15) is 11.4 Å². The van der Waals surface area contributed by atoms with E-state index in [9.17, 15) is 9.59 Å². The molecule has 1 amide bonds. The lowest BCUT2D eigenvalue weighted by Gasteiger charge is -2.33. The Hall–Kier alpha value is -0.900. The number of rotatable bonds is 2. The Labute approximate surface area is 107 Å². The molecule has 0 radical (unpaired) electrons. The fourth-order valence-electron chi connectivity index (χ4n) is 4.25. The SMILES string of the molecule is CC(C)C(=O)[C@@H]1[C@H]2C(=O)N[C@H](C)[C@]23CC[C@@]1(C)O3. The van der Waals surface area contributed by atoms with Gasteiger partial charge in [0, 0.05) is 5.92 Å². The van der Waals surface area contributed by atoms with Crippen LogP contribution < -0.4 is 5.32 Å². The van der Waals surface area contributed by atoms with Crippen LogP contribution in [0.25, 0.3) is 0 Å². The molecule has 4 nitrogen and oxygen atoms in total.